The molecule has 0 spiro atoms. The van der Waals surface area contributed by atoms with E-state index in [1.165, 1.54) is 58.3 Å². The van der Waals surface area contributed by atoms with E-state index in [1.807, 2.05) is 6.08 Å². The second-order valence-corrected chi connectivity index (χ2v) is 6.51. The first-order valence-corrected chi connectivity index (χ1v) is 9.63. The summed E-state index contributed by atoms with van der Waals surface area (Å²) < 4.78 is 5.33. The molecule has 0 aliphatic heterocycles. The van der Waals surface area contributed by atoms with Gasteiger partial charge >= 0.3 is 5.97 Å². The third-order valence-corrected chi connectivity index (χ3v) is 4.06. The predicted octanol–water partition coefficient (Wildman–Crippen LogP) is 5.56. The Hall–Kier alpha value is -0.830. The van der Waals surface area contributed by atoms with Crippen molar-refractivity contribution in [1.82, 2.24) is 0 Å². The molecule has 0 heterocycles. The second kappa shape index (κ2) is 16.0. The van der Waals surface area contributed by atoms with E-state index in [4.69, 9.17) is 4.74 Å². The van der Waals surface area contributed by atoms with Crippen LogP contribution in [-0.2, 0) is 9.53 Å². The van der Waals surface area contributed by atoms with Gasteiger partial charge in [0.1, 0.15) is 6.10 Å². The SMILES string of the molecule is CCCCCCC[C@H](O)/C=C/[C@H](CCCCCCC)OC(C)=O. The lowest BCUT2D eigenvalue weighted by Crippen LogP contribution is -2.15. The van der Waals surface area contributed by atoms with Crippen molar-refractivity contribution in [3.8, 4) is 0 Å². The maximum absolute atomic E-state index is 11.2. The number of ether oxygens (including phenoxy) is 1. The van der Waals surface area contributed by atoms with Crippen LogP contribution in [0.15, 0.2) is 12.2 Å². The molecule has 0 amide bonds. The van der Waals surface area contributed by atoms with Gasteiger partial charge < -0.3 is 9.84 Å². The van der Waals surface area contributed by atoms with E-state index >= 15 is 0 Å². The van der Waals surface area contributed by atoms with Gasteiger partial charge in [-0.2, -0.15) is 0 Å². The topological polar surface area (TPSA) is 46.5 Å². The molecule has 0 aliphatic carbocycles. The zero-order valence-corrected chi connectivity index (χ0v) is 15.6. The van der Waals surface area contributed by atoms with E-state index < -0.39 is 6.10 Å². The average molecular weight is 327 g/mol. The van der Waals surface area contributed by atoms with Crippen molar-refractivity contribution in [1.29, 1.82) is 0 Å². The Balaban J connectivity index is 4.00. The van der Waals surface area contributed by atoms with Gasteiger partial charge in [-0.15, -0.1) is 0 Å². The standard InChI is InChI=1S/C20H38O3/c1-4-6-8-10-12-14-19(22)16-17-20(23-18(3)21)15-13-11-9-7-5-2/h16-17,19-20,22H,4-15H2,1-3H3/b17-16+/t19-,20-/m0/s1. The lowest BCUT2D eigenvalue weighted by molar-refractivity contribution is -0.144. The number of rotatable bonds is 15. The van der Waals surface area contributed by atoms with Crippen molar-refractivity contribution in [2.24, 2.45) is 0 Å². The minimum atomic E-state index is -0.422. The van der Waals surface area contributed by atoms with Gasteiger partial charge in [-0.3, -0.25) is 4.79 Å². The van der Waals surface area contributed by atoms with Crippen LogP contribution >= 0.6 is 0 Å². The molecular weight excluding hydrogens is 288 g/mol. The van der Waals surface area contributed by atoms with Gasteiger partial charge in [0.25, 0.3) is 0 Å². The molecule has 0 bridgehead atoms. The normalized spacial score (nSPS) is 14.1. The van der Waals surface area contributed by atoms with Crippen LogP contribution < -0.4 is 0 Å². The summed E-state index contributed by atoms with van der Waals surface area (Å²) in [6.07, 6.45) is 16.7. The van der Waals surface area contributed by atoms with E-state index in [1.54, 1.807) is 6.08 Å². The predicted molar refractivity (Wildman–Crippen MR) is 97.5 cm³/mol. The first-order valence-electron chi connectivity index (χ1n) is 9.63. The fourth-order valence-corrected chi connectivity index (χ4v) is 2.66. The summed E-state index contributed by atoms with van der Waals surface area (Å²) in [5, 5.41) is 10.0. The van der Waals surface area contributed by atoms with Gasteiger partial charge in [0.15, 0.2) is 0 Å². The van der Waals surface area contributed by atoms with Crippen LogP contribution in [-0.4, -0.2) is 23.3 Å². The van der Waals surface area contributed by atoms with Crippen molar-refractivity contribution in [2.45, 2.75) is 110 Å². The molecule has 0 saturated heterocycles. The van der Waals surface area contributed by atoms with Crippen LogP contribution in [0.4, 0.5) is 0 Å². The molecule has 0 rings (SSSR count). The maximum atomic E-state index is 11.2. The number of aliphatic hydroxyl groups excluding tert-OH is 1. The molecule has 0 aliphatic rings. The first-order chi connectivity index (χ1) is 11.1. The third kappa shape index (κ3) is 15.8. The highest BCUT2D eigenvalue weighted by Crippen LogP contribution is 2.13. The van der Waals surface area contributed by atoms with Crippen LogP contribution in [0.3, 0.4) is 0 Å². The van der Waals surface area contributed by atoms with Crippen molar-refractivity contribution < 1.29 is 14.6 Å². The lowest BCUT2D eigenvalue weighted by atomic mass is 10.1. The molecule has 3 heteroatoms. The van der Waals surface area contributed by atoms with E-state index in [2.05, 4.69) is 13.8 Å². The van der Waals surface area contributed by atoms with Gasteiger partial charge in [0, 0.05) is 6.92 Å². The van der Waals surface area contributed by atoms with Gasteiger partial charge in [0.05, 0.1) is 6.10 Å². The molecule has 0 aromatic rings. The Morgan fingerprint density at radius 2 is 1.39 bits per heavy atom. The summed E-state index contributed by atoms with van der Waals surface area (Å²) in [5.41, 5.74) is 0. The minimum absolute atomic E-state index is 0.191. The molecule has 1 N–H and O–H groups in total. The van der Waals surface area contributed by atoms with E-state index in [0.717, 1.165) is 25.7 Å². The van der Waals surface area contributed by atoms with Gasteiger partial charge in [-0.25, -0.2) is 0 Å². The van der Waals surface area contributed by atoms with Crippen molar-refractivity contribution >= 4 is 5.97 Å². The van der Waals surface area contributed by atoms with E-state index in [0.29, 0.717) is 0 Å². The van der Waals surface area contributed by atoms with Gasteiger partial charge in [-0.05, 0) is 25.3 Å². The Labute approximate surface area is 143 Å². The number of carbonyl (C=O) groups is 1. The summed E-state index contributed by atoms with van der Waals surface area (Å²) in [7, 11) is 0. The molecule has 0 fully saturated rings. The Bertz CT molecular complexity index is 299. The molecule has 0 unspecified atom stereocenters. The van der Waals surface area contributed by atoms with Crippen molar-refractivity contribution in [2.75, 3.05) is 0 Å². The number of carbonyl (C=O) groups excluding carboxylic acids is 1. The largest absolute Gasteiger partial charge is 0.458 e. The van der Waals surface area contributed by atoms with E-state index in [9.17, 15) is 9.90 Å². The molecule has 3 nitrogen and oxygen atoms in total. The zero-order chi connectivity index (χ0) is 17.3. The van der Waals surface area contributed by atoms with Crippen molar-refractivity contribution in [3.63, 3.8) is 0 Å². The fourth-order valence-electron chi connectivity index (χ4n) is 2.66. The zero-order valence-electron chi connectivity index (χ0n) is 15.6. The van der Waals surface area contributed by atoms with Crippen LogP contribution in [0.25, 0.3) is 0 Å². The van der Waals surface area contributed by atoms with Gasteiger partial charge in [-0.1, -0.05) is 77.7 Å². The quantitative estimate of drug-likeness (QED) is 0.243. The molecule has 0 radical (unpaired) electrons. The lowest BCUT2D eigenvalue weighted by Gasteiger charge is -2.14. The number of unbranched alkanes of at least 4 members (excludes halogenated alkanes) is 8. The summed E-state index contributed by atoms with van der Waals surface area (Å²) in [4.78, 5) is 11.2. The van der Waals surface area contributed by atoms with Crippen LogP contribution in [0.5, 0.6) is 0 Å². The molecule has 0 aromatic carbocycles. The molecule has 2 atom stereocenters. The highest BCUT2D eigenvalue weighted by Gasteiger charge is 2.09. The first kappa shape index (κ1) is 22.2. The van der Waals surface area contributed by atoms with Gasteiger partial charge in [0.2, 0.25) is 0 Å². The number of esters is 1. The molecule has 0 aromatic heterocycles. The number of aliphatic hydroxyl groups is 1. The summed E-state index contributed by atoms with van der Waals surface area (Å²) in [6.45, 7) is 5.85. The van der Waals surface area contributed by atoms with Crippen LogP contribution in [0, 0.1) is 0 Å². The monoisotopic (exact) mass is 326 g/mol. The highest BCUT2D eigenvalue weighted by atomic mass is 16.5. The molecule has 23 heavy (non-hydrogen) atoms. The Morgan fingerprint density at radius 3 is 1.91 bits per heavy atom. The molecule has 0 saturated carbocycles. The molecular formula is C20H38O3. The Kier molecular flexibility index (Phi) is 15.5. The second-order valence-electron chi connectivity index (χ2n) is 6.51. The minimum Gasteiger partial charge on any atom is -0.458 e. The van der Waals surface area contributed by atoms with E-state index in [-0.39, 0.29) is 12.1 Å². The number of hydrogen-bond acceptors (Lipinski definition) is 3. The number of hydrogen-bond donors (Lipinski definition) is 1. The maximum Gasteiger partial charge on any atom is 0.303 e. The fraction of sp³-hybridized carbons (Fsp3) is 0.850. The summed E-state index contributed by atoms with van der Waals surface area (Å²) >= 11 is 0. The van der Waals surface area contributed by atoms with Crippen LogP contribution in [0.2, 0.25) is 0 Å². The Morgan fingerprint density at radius 1 is 0.870 bits per heavy atom. The average Bonchev–Trinajstić information content (AvgIpc) is 2.51. The van der Waals surface area contributed by atoms with Crippen molar-refractivity contribution in [3.05, 3.63) is 12.2 Å². The third-order valence-electron chi connectivity index (χ3n) is 4.06. The summed E-state index contributed by atoms with van der Waals surface area (Å²) in [6, 6.07) is 0. The smallest absolute Gasteiger partial charge is 0.303 e. The summed E-state index contributed by atoms with van der Waals surface area (Å²) in [5.74, 6) is -0.248. The van der Waals surface area contributed by atoms with Crippen LogP contribution in [0.1, 0.15) is 97.8 Å². The molecule has 136 valence electrons. The highest BCUT2D eigenvalue weighted by molar-refractivity contribution is 5.66.